The van der Waals surface area contributed by atoms with Gasteiger partial charge in [-0.1, -0.05) is 75.0 Å². The highest BCUT2D eigenvalue weighted by atomic mass is 16.7. The summed E-state index contributed by atoms with van der Waals surface area (Å²) in [6.45, 7) is 20.5. The van der Waals surface area contributed by atoms with Crippen LogP contribution in [0.15, 0.2) is 52.7 Å². The van der Waals surface area contributed by atoms with E-state index in [0.29, 0.717) is 48.4 Å². The van der Waals surface area contributed by atoms with Crippen molar-refractivity contribution in [2.45, 2.75) is 193 Å². The van der Waals surface area contributed by atoms with Crippen LogP contribution in [-0.4, -0.2) is 116 Å². The quantitative estimate of drug-likeness (QED) is 0.0601. The molecule has 0 aromatic heterocycles. The molecular weight excluding hydrogens is 855 g/mol. The molecular formula is C54H75NO12. The molecule has 4 heterocycles. The van der Waals surface area contributed by atoms with Crippen LogP contribution in [0.5, 0.6) is 17.2 Å². The summed E-state index contributed by atoms with van der Waals surface area (Å²) in [5, 5.41) is 43.0. The number of unbranched alkanes of at least 4 members (excludes halogenated alkanes) is 4. The molecule has 1 spiro atoms. The van der Waals surface area contributed by atoms with E-state index >= 15 is 9.59 Å². The number of allylic oxidation sites excluding steroid dienone is 5. The predicted molar refractivity (Wildman–Crippen MR) is 255 cm³/mol. The van der Waals surface area contributed by atoms with E-state index in [-0.39, 0.29) is 47.2 Å². The maximum absolute atomic E-state index is 15.9. The topological polar surface area (TPSA) is 182 Å². The lowest BCUT2D eigenvalue weighted by Gasteiger charge is -2.56. The summed E-state index contributed by atoms with van der Waals surface area (Å²) < 4.78 is 34.2. The Morgan fingerprint density at radius 1 is 0.881 bits per heavy atom. The van der Waals surface area contributed by atoms with Gasteiger partial charge in [-0.25, -0.2) is 0 Å². The fraction of sp³-hybridized carbons (Fsp3) is 0.648. The number of fused-ring (bicyclic) bond motifs is 2. The zero-order valence-electron chi connectivity index (χ0n) is 41.4. The maximum Gasteiger partial charge on any atom is 0.249 e. The minimum atomic E-state index is -1.79. The number of ether oxygens (including phenoxy) is 5. The van der Waals surface area contributed by atoms with Crippen LogP contribution >= 0.6 is 0 Å². The molecule has 368 valence electrons. The molecule has 7 aliphatic rings. The first-order valence-electron chi connectivity index (χ1n) is 24.7. The molecule has 8 rings (SSSR count). The molecule has 13 heteroatoms. The van der Waals surface area contributed by atoms with Crippen molar-refractivity contribution in [3.63, 3.8) is 0 Å². The van der Waals surface area contributed by atoms with E-state index < -0.39 is 77.3 Å². The molecule has 1 aromatic rings. The highest BCUT2D eigenvalue weighted by molar-refractivity contribution is 6.19. The zero-order valence-corrected chi connectivity index (χ0v) is 41.4. The zero-order chi connectivity index (χ0) is 48.8. The van der Waals surface area contributed by atoms with E-state index in [0.717, 1.165) is 50.5 Å². The molecule has 4 bridgehead atoms. The molecule has 3 fully saturated rings. The standard InChI is InChI=1S/C54H75NO12/c1-11-13-15-26-55(27-16-14-12-2)49(62)33(7)21-25-53-48(61)34-28-37-41(57)40-46(64-50-44(60)43(59)42(58)38(30-56)63-50)36-22-24-52(10,23-17-18-31(3)4)65-45(36)35(20-19-32(5)6)47(40)66-54(37,53)39(29-34)51(8,9)67-53/h18-19,21-22,24,28,34,38-39,42-44,50,56,58-60H,11-17,20,23,25-27,29-30H2,1-10H3/b33-21-/t34?,38-,39?,42-,43-,44-,50+,52?,53?,54?/m1/s1. The predicted octanol–water partition coefficient (Wildman–Crippen LogP) is 7.84. The van der Waals surface area contributed by atoms with Gasteiger partial charge in [0.2, 0.25) is 12.2 Å². The average Bonchev–Trinajstić information content (AvgIpc) is 3.43. The van der Waals surface area contributed by atoms with Crippen molar-refractivity contribution in [3.8, 4) is 17.2 Å². The minimum absolute atomic E-state index is 0.0122. The van der Waals surface area contributed by atoms with E-state index in [1.165, 1.54) is 5.57 Å². The SMILES string of the molecule is CCCCCN(CCCCC)C(=O)/C(C)=C\CC12OC(C)(C)C3CC(C=C4C(=O)c5c(O[C@@H]6O[C@H](CO)[C@@H](O)[C@@H](O)[C@H]6O)c6c(c(CC=C(C)C)c5OC431)OC(C)(CCC=C(C)C)C=C6)C2=O. The Bertz CT molecular complexity index is 2230. The summed E-state index contributed by atoms with van der Waals surface area (Å²) in [7, 11) is 0. The van der Waals surface area contributed by atoms with Crippen LogP contribution in [-0.2, 0) is 25.5 Å². The van der Waals surface area contributed by atoms with Crippen LogP contribution in [0.25, 0.3) is 6.08 Å². The van der Waals surface area contributed by atoms with Crippen molar-refractivity contribution < 1.29 is 58.5 Å². The second-order valence-electron chi connectivity index (χ2n) is 21.0. The van der Waals surface area contributed by atoms with E-state index in [1.54, 1.807) is 19.1 Å². The van der Waals surface area contributed by atoms with Gasteiger partial charge in [-0.05, 0) is 106 Å². The molecule has 10 atom stereocenters. The third-order valence-corrected chi connectivity index (χ3v) is 14.9. The third kappa shape index (κ3) is 9.02. The summed E-state index contributed by atoms with van der Waals surface area (Å²) in [6.07, 6.45) is 11.2. The Morgan fingerprint density at radius 2 is 1.55 bits per heavy atom. The summed E-state index contributed by atoms with van der Waals surface area (Å²) >= 11 is 0. The molecule has 67 heavy (non-hydrogen) atoms. The molecule has 3 aliphatic carbocycles. The molecule has 13 nitrogen and oxygen atoms in total. The van der Waals surface area contributed by atoms with Gasteiger partial charge in [-0.3, -0.25) is 14.4 Å². The number of carbonyl (C=O) groups excluding carboxylic acids is 3. The van der Waals surface area contributed by atoms with Gasteiger partial charge in [0.1, 0.15) is 52.8 Å². The van der Waals surface area contributed by atoms with Gasteiger partial charge in [0.15, 0.2) is 22.8 Å². The van der Waals surface area contributed by atoms with E-state index in [4.69, 9.17) is 23.7 Å². The van der Waals surface area contributed by atoms with Gasteiger partial charge in [0.25, 0.3) is 0 Å². The number of aliphatic hydroxyl groups excluding tert-OH is 4. The molecule has 1 saturated carbocycles. The molecule has 4 aliphatic heterocycles. The lowest BCUT2D eigenvalue weighted by Crippen LogP contribution is -2.72. The van der Waals surface area contributed by atoms with Crippen molar-refractivity contribution in [3.05, 3.63) is 69.4 Å². The third-order valence-electron chi connectivity index (χ3n) is 14.9. The van der Waals surface area contributed by atoms with Gasteiger partial charge in [0.05, 0.1) is 17.8 Å². The number of rotatable bonds is 19. The van der Waals surface area contributed by atoms with Crippen LogP contribution in [0.1, 0.15) is 155 Å². The van der Waals surface area contributed by atoms with Crippen molar-refractivity contribution in [2.75, 3.05) is 19.7 Å². The lowest BCUT2D eigenvalue weighted by molar-refractivity contribution is -0.277. The summed E-state index contributed by atoms with van der Waals surface area (Å²) in [4.78, 5) is 47.2. The summed E-state index contributed by atoms with van der Waals surface area (Å²) in [6, 6.07) is 0. The van der Waals surface area contributed by atoms with Crippen LogP contribution in [0.2, 0.25) is 0 Å². The van der Waals surface area contributed by atoms with Gasteiger partial charge >= 0.3 is 0 Å². The average molecular weight is 930 g/mol. The first kappa shape index (κ1) is 50.8. The Kier molecular flexibility index (Phi) is 14.9. The van der Waals surface area contributed by atoms with Gasteiger partial charge in [-0.2, -0.15) is 0 Å². The van der Waals surface area contributed by atoms with Crippen molar-refractivity contribution in [1.82, 2.24) is 4.90 Å². The van der Waals surface area contributed by atoms with E-state index in [1.807, 2.05) is 71.6 Å². The first-order chi connectivity index (χ1) is 31.7. The van der Waals surface area contributed by atoms with Crippen LogP contribution in [0.4, 0.5) is 0 Å². The number of Topliss-reactive ketones (excluding diaryl/α,β-unsaturated/α-hetero) is 2. The maximum atomic E-state index is 15.9. The summed E-state index contributed by atoms with van der Waals surface area (Å²) in [5.74, 6) is -1.44. The highest BCUT2D eigenvalue weighted by Crippen LogP contribution is 2.69. The highest BCUT2D eigenvalue weighted by Gasteiger charge is 2.81. The number of nitrogens with zero attached hydrogens (tertiary/aromatic N) is 1. The first-order valence-corrected chi connectivity index (χ1v) is 24.7. The van der Waals surface area contributed by atoms with E-state index in [9.17, 15) is 25.2 Å². The van der Waals surface area contributed by atoms with Crippen molar-refractivity contribution in [2.24, 2.45) is 11.8 Å². The number of aliphatic hydroxyl groups is 4. The number of ketones is 2. The van der Waals surface area contributed by atoms with Gasteiger partial charge in [0, 0.05) is 48.1 Å². The second kappa shape index (κ2) is 19.7. The number of benzene rings is 1. The largest absolute Gasteiger partial charge is 0.482 e. The second-order valence-corrected chi connectivity index (χ2v) is 21.0. The Labute approximate surface area is 396 Å². The molecule has 5 unspecified atom stereocenters. The van der Waals surface area contributed by atoms with Gasteiger partial charge < -0.3 is 49.0 Å². The van der Waals surface area contributed by atoms with Crippen LogP contribution in [0.3, 0.4) is 0 Å². The van der Waals surface area contributed by atoms with Crippen molar-refractivity contribution >= 4 is 23.5 Å². The molecule has 1 amide bonds. The van der Waals surface area contributed by atoms with E-state index in [2.05, 4.69) is 19.9 Å². The number of hydrogen-bond donors (Lipinski definition) is 4. The Morgan fingerprint density at radius 3 is 2.18 bits per heavy atom. The van der Waals surface area contributed by atoms with Crippen LogP contribution < -0.4 is 14.2 Å². The number of hydrogen-bond acceptors (Lipinski definition) is 12. The number of carbonyl (C=O) groups is 3. The minimum Gasteiger partial charge on any atom is -0.482 e. The lowest BCUT2D eigenvalue weighted by atomic mass is 9.51. The van der Waals surface area contributed by atoms with Gasteiger partial charge in [-0.15, -0.1) is 0 Å². The molecule has 4 N–H and O–H groups in total. The normalized spacial score (nSPS) is 32.1. The molecule has 2 saturated heterocycles. The summed E-state index contributed by atoms with van der Waals surface area (Å²) in [5.41, 5.74) is -1.22. The Hall–Kier alpha value is -4.11. The smallest absolute Gasteiger partial charge is 0.249 e. The number of amides is 1. The molecule has 0 radical (unpaired) electrons. The van der Waals surface area contributed by atoms with Crippen LogP contribution in [0, 0.1) is 11.8 Å². The van der Waals surface area contributed by atoms with Crippen molar-refractivity contribution in [1.29, 1.82) is 0 Å². The fourth-order valence-electron chi connectivity index (χ4n) is 11.2. The Balaban J connectivity index is 1.42. The molecule has 1 aromatic carbocycles. The fourth-order valence-corrected chi connectivity index (χ4v) is 11.2. The monoisotopic (exact) mass is 930 g/mol.